The number of nitrogens with zero attached hydrogens (tertiary/aromatic N) is 4. The molecule has 2 aromatic rings. The van der Waals surface area contributed by atoms with Gasteiger partial charge in [0.05, 0.1) is 44.8 Å². The lowest BCUT2D eigenvalue weighted by molar-refractivity contribution is -0.00316. The zero-order valence-corrected chi connectivity index (χ0v) is 17.1. The fourth-order valence-corrected chi connectivity index (χ4v) is 5.29. The molecule has 0 N–H and O–H groups in total. The van der Waals surface area contributed by atoms with E-state index in [1.165, 1.54) is 5.69 Å². The molecule has 4 bridgehead atoms. The Morgan fingerprint density at radius 1 is 1.10 bits per heavy atom. The van der Waals surface area contributed by atoms with E-state index in [4.69, 9.17) is 24.2 Å². The number of benzene rings is 1. The van der Waals surface area contributed by atoms with Crippen molar-refractivity contribution in [1.29, 1.82) is 0 Å². The molecule has 0 amide bonds. The molecule has 2 radical (unpaired) electrons. The first-order valence-corrected chi connectivity index (χ1v) is 10.0. The number of aromatic nitrogens is 2. The van der Waals surface area contributed by atoms with Gasteiger partial charge in [0.15, 0.2) is 5.69 Å². The van der Waals surface area contributed by atoms with Crippen molar-refractivity contribution in [3.63, 3.8) is 0 Å². The number of hydrogen-bond acceptors (Lipinski definition) is 5. The largest absolute Gasteiger partial charge is 0.501 e. The topological polar surface area (TPSA) is 75.8 Å². The quantitative estimate of drug-likeness (QED) is 0.730. The van der Waals surface area contributed by atoms with Crippen LogP contribution < -0.4 is 10.2 Å². The molecule has 6 rings (SSSR count). The van der Waals surface area contributed by atoms with Gasteiger partial charge in [0.1, 0.15) is 22.8 Å². The van der Waals surface area contributed by atoms with Crippen LogP contribution in [-0.4, -0.2) is 50.9 Å². The summed E-state index contributed by atoms with van der Waals surface area (Å²) >= 11 is 0. The number of rotatable bonds is 5. The highest BCUT2D eigenvalue weighted by atomic mass is 16.5. The van der Waals surface area contributed by atoms with Crippen molar-refractivity contribution in [2.24, 2.45) is 0 Å². The number of quaternary nitrogens is 1. The van der Waals surface area contributed by atoms with E-state index in [2.05, 4.69) is 12.1 Å². The zero-order valence-electron chi connectivity index (χ0n) is 17.1. The Bertz CT molecular complexity index is 1060. The Labute approximate surface area is 170 Å². The lowest BCUT2D eigenvalue weighted by Crippen LogP contribution is -2.47. The second-order valence-electron chi connectivity index (χ2n) is 7.89. The summed E-state index contributed by atoms with van der Waals surface area (Å²) in [6, 6.07) is 6.28. The van der Waals surface area contributed by atoms with Gasteiger partial charge in [-0.15, -0.1) is 5.73 Å². The van der Waals surface area contributed by atoms with Gasteiger partial charge in [0.25, 0.3) is 0 Å². The molecule has 1 aromatic heterocycles. The summed E-state index contributed by atoms with van der Waals surface area (Å²) in [4.78, 5) is 9.96. The van der Waals surface area contributed by atoms with Crippen LogP contribution in [0.25, 0.3) is 10.9 Å². The Hall–Kier alpha value is -2.48. The van der Waals surface area contributed by atoms with E-state index >= 15 is 0 Å². The highest BCUT2D eigenvalue weighted by Gasteiger charge is 2.52. The first kappa shape index (κ1) is 18.5. The molecule has 1 aliphatic carbocycles. The van der Waals surface area contributed by atoms with Crippen molar-refractivity contribution in [3.05, 3.63) is 47.1 Å². The van der Waals surface area contributed by atoms with Crippen molar-refractivity contribution in [3.8, 4) is 0 Å². The summed E-state index contributed by atoms with van der Waals surface area (Å²) in [7, 11) is 4.87. The zero-order chi connectivity index (χ0) is 20.2. The third kappa shape index (κ3) is 2.29. The van der Waals surface area contributed by atoms with Gasteiger partial charge in [-0.1, -0.05) is 6.07 Å². The molecule has 4 aliphatic rings. The maximum absolute atomic E-state index is 10.3. The maximum Gasteiger partial charge on any atom is 0.335 e. The number of hydrogen-bond donors (Lipinski definition) is 0. The van der Waals surface area contributed by atoms with Crippen molar-refractivity contribution in [2.45, 2.75) is 24.9 Å². The van der Waals surface area contributed by atoms with E-state index in [1.807, 2.05) is 12.1 Å². The van der Waals surface area contributed by atoms with Gasteiger partial charge in [-0.05, 0) is 6.07 Å². The number of allylic oxidation sites excluding steroid dienone is 1. The van der Waals surface area contributed by atoms with Crippen LogP contribution in [0.3, 0.4) is 0 Å². The molecule has 1 atom stereocenters. The summed E-state index contributed by atoms with van der Waals surface area (Å²) in [5.41, 5.74) is 12.9. The molecule has 1 aromatic carbocycles. The average molecular weight is 393 g/mol. The summed E-state index contributed by atoms with van der Waals surface area (Å²) in [5, 5.41) is 1.02. The van der Waals surface area contributed by atoms with Gasteiger partial charge in [-0.25, -0.2) is 4.48 Å². The second kappa shape index (κ2) is 6.52. The molecule has 1 saturated heterocycles. The predicted octanol–water partition coefficient (Wildman–Crippen LogP) is 3.12. The minimum atomic E-state index is -0.976. The minimum Gasteiger partial charge on any atom is -0.501 e. The van der Waals surface area contributed by atoms with Gasteiger partial charge in [-0.2, -0.15) is 9.97 Å². The monoisotopic (exact) mass is 393 g/mol. The maximum atomic E-state index is 10.3. The highest BCUT2D eigenvalue weighted by molar-refractivity contribution is 5.98. The smallest absolute Gasteiger partial charge is 0.335 e. The summed E-state index contributed by atoms with van der Waals surface area (Å²) in [5.74, 6) is 2.09. The van der Waals surface area contributed by atoms with Crippen LogP contribution in [0.15, 0.2) is 41.4 Å². The lowest BCUT2D eigenvalue weighted by atomic mass is 9.79. The van der Waals surface area contributed by atoms with Gasteiger partial charge in [0.2, 0.25) is 0 Å². The highest BCUT2D eigenvalue weighted by Crippen LogP contribution is 2.53. The third-order valence-corrected chi connectivity index (χ3v) is 6.73. The molecule has 7 nitrogen and oxygen atoms in total. The summed E-state index contributed by atoms with van der Waals surface area (Å²) in [6.07, 6.45) is 4.57. The van der Waals surface area contributed by atoms with Crippen LogP contribution in [0.4, 0.5) is 11.6 Å². The Balaban J connectivity index is 1.82. The third-order valence-electron chi connectivity index (χ3n) is 6.73. The molecule has 1 spiro atoms. The van der Waals surface area contributed by atoms with Crippen LogP contribution in [-0.2, 0) is 19.8 Å². The van der Waals surface area contributed by atoms with Gasteiger partial charge in [-0.3, -0.25) is 0 Å². The first-order valence-electron chi connectivity index (χ1n) is 10.0. The van der Waals surface area contributed by atoms with E-state index in [-0.39, 0.29) is 6.54 Å². The molecular formula is C22H25N4O3+. The molecular weight excluding hydrogens is 368 g/mol. The SMILES string of the molecule is COC1=CC(OC)=C(C[N])C(OC)(c2nc3nc4cccc(c24)[N+]32CCCC2)C1. The van der Waals surface area contributed by atoms with Crippen LogP contribution in [0.2, 0.25) is 0 Å². The molecule has 150 valence electrons. The fourth-order valence-electron chi connectivity index (χ4n) is 5.29. The molecule has 29 heavy (non-hydrogen) atoms. The average Bonchev–Trinajstić information content (AvgIpc) is 3.26. The van der Waals surface area contributed by atoms with Gasteiger partial charge in [0, 0.05) is 44.1 Å². The predicted molar refractivity (Wildman–Crippen MR) is 109 cm³/mol. The van der Waals surface area contributed by atoms with Crippen molar-refractivity contribution >= 4 is 22.5 Å². The number of methoxy groups -OCH3 is 3. The molecule has 0 saturated carbocycles. The van der Waals surface area contributed by atoms with Crippen LogP contribution in [0, 0.1) is 0 Å². The lowest BCUT2D eigenvalue weighted by Gasteiger charge is -2.42. The fraction of sp³-hybridized carbons (Fsp3) is 0.455. The van der Waals surface area contributed by atoms with E-state index < -0.39 is 5.60 Å². The standard InChI is InChI=1S/C22H25N4O3/c1-27-14-11-18(28-2)15(13-23)22(12-14,29-3)20-19-16-7-6-8-17(19)26(9-4-5-10-26)21(24-16)25-20/h6-8,11H,4-5,9-10,12-13H2,1-3H3/q+1. The summed E-state index contributed by atoms with van der Waals surface area (Å²) < 4.78 is 18.0. The van der Waals surface area contributed by atoms with E-state index in [0.29, 0.717) is 17.8 Å². The van der Waals surface area contributed by atoms with Crippen molar-refractivity contribution in [2.75, 3.05) is 41.0 Å². The number of ether oxygens (including phenoxy) is 3. The Kier molecular flexibility index (Phi) is 4.17. The van der Waals surface area contributed by atoms with Crippen LogP contribution >= 0.6 is 0 Å². The molecule has 1 fully saturated rings. The molecule has 1 unspecified atom stereocenters. The van der Waals surface area contributed by atoms with Crippen LogP contribution in [0.5, 0.6) is 0 Å². The van der Waals surface area contributed by atoms with E-state index in [1.54, 1.807) is 21.3 Å². The summed E-state index contributed by atoms with van der Waals surface area (Å²) in [6.45, 7) is 1.83. The first-order chi connectivity index (χ1) is 14.1. The molecule has 4 heterocycles. The van der Waals surface area contributed by atoms with E-state index in [0.717, 1.165) is 58.7 Å². The normalized spacial score (nSPS) is 24.6. The Morgan fingerprint density at radius 3 is 2.55 bits per heavy atom. The van der Waals surface area contributed by atoms with E-state index in [9.17, 15) is 5.73 Å². The van der Waals surface area contributed by atoms with Crippen molar-refractivity contribution < 1.29 is 14.2 Å². The Morgan fingerprint density at radius 2 is 1.90 bits per heavy atom. The minimum absolute atomic E-state index is 0.201. The van der Waals surface area contributed by atoms with Crippen LogP contribution in [0.1, 0.15) is 25.0 Å². The number of fused-ring (bicyclic) bond motifs is 1. The molecule has 3 aliphatic heterocycles. The second-order valence-corrected chi connectivity index (χ2v) is 7.89. The van der Waals surface area contributed by atoms with Crippen molar-refractivity contribution in [1.82, 2.24) is 20.2 Å². The molecule has 7 heteroatoms. The van der Waals surface area contributed by atoms with Gasteiger partial charge < -0.3 is 14.2 Å². The van der Waals surface area contributed by atoms with Gasteiger partial charge >= 0.3 is 5.95 Å².